The Kier molecular flexibility index (Phi) is 5.26. The second-order valence-corrected chi connectivity index (χ2v) is 5.49. The lowest BCUT2D eigenvalue weighted by molar-refractivity contribution is -0.403. The second-order valence-electron chi connectivity index (χ2n) is 5.49. The van der Waals surface area contributed by atoms with Crippen LogP contribution in [0, 0.1) is 30.3 Å². The molecule has 0 atom stereocenters. The van der Waals surface area contributed by atoms with Gasteiger partial charge in [-0.25, -0.2) is 0 Å². The van der Waals surface area contributed by atoms with Gasteiger partial charge >= 0.3 is 0 Å². The summed E-state index contributed by atoms with van der Waals surface area (Å²) in [5.74, 6) is 0. The minimum atomic E-state index is -0.909. The minimum Gasteiger partial charge on any atom is -0.378 e. The van der Waals surface area contributed by atoms with Crippen molar-refractivity contribution in [3.8, 4) is 0 Å². The standard InChI is InChI=1S/C16H14N4O6/c1-17(2)12-6-3-11(4-7-12)5-8-14-15(19(23)24)9-13(18(21)22)10-16(14)20(25)26/h3-10H,1-2H3. The van der Waals surface area contributed by atoms with Gasteiger partial charge in [0.2, 0.25) is 0 Å². The Balaban J connectivity index is 2.54. The number of anilines is 1. The predicted molar refractivity (Wildman–Crippen MR) is 96.1 cm³/mol. The van der Waals surface area contributed by atoms with Gasteiger partial charge in [0.15, 0.2) is 0 Å². The van der Waals surface area contributed by atoms with Crippen LogP contribution in [-0.4, -0.2) is 28.9 Å². The van der Waals surface area contributed by atoms with E-state index in [1.54, 1.807) is 12.1 Å². The fourth-order valence-corrected chi connectivity index (χ4v) is 2.25. The number of hydrogen-bond donors (Lipinski definition) is 0. The maximum absolute atomic E-state index is 11.2. The number of benzene rings is 2. The van der Waals surface area contributed by atoms with Crippen LogP contribution in [0.4, 0.5) is 22.7 Å². The van der Waals surface area contributed by atoms with Gasteiger partial charge in [0.25, 0.3) is 17.1 Å². The average molecular weight is 358 g/mol. The third-order valence-electron chi connectivity index (χ3n) is 3.58. The fourth-order valence-electron chi connectivity index (χ4n) is 2.25. The van der Waals surface area contributed by atoms with E-state index in [2.05, 4.69) is 0 Å². The van der Waals surface area contributed by atoms with Crippen LogP contribution in [0.25, 0.3) is 12.2 Å². The van der Waals surface area contributed by atoms with Crippen LogP contribution in [0.2, 0.25) is 0 Å². The van der Waals surface area contributed by atoms with Gasteiger partial charge < -0.3 is 4.90 Å². The van der Waals surface area contributed by atoms with Crippen LogP contribution in [0.15, 0.2) is 36.4 Å². The van der Waals surface area contributed by atoms with Crippen molar-refractivity contribution in [2.24, 2.45) is 0 Å². The van der Waals surface area contributed by atoms with Crippen LogP contribution in [-0.2, 0) is 0 Å². The summed E-state index contributed by atoms with van der Waals surface area (Å²) in [7, 11) is 3.74. The molecule has 10 nitrogen and oxygen atoms in total. The lowest BCUT2D eigenvalue weighted by atomic mass is 10.1. The molecule has 0 N–H and O–H groups in total. The van der Waals surface area contributed by atoms with Crippen molar-refractivity contribution in [1.82, 2.24) is 0 Å². The highest BCUT2D eigenvalue weighted by Gasteiger charge is 2.28. The largest absolute Gasteiger partial charge is 0.378 e. The molecule has 10 heteroatoms. The minimum absolute atomic E-state index is 0.303. The summed E-state index contributed by atoms with van der Waals surface area (Å²) in [6.45, 7) is 0. The average Bonchev–Trinajstić information content (AvgIpc) is 2.59. The summed E-state index contributed by atoms with van der Waals surface area (Å²) < 4.78 is 0. The van der Waals surface area contributed by atoms with E-state index in [9.17, 15) is 30.3 Å². The van der Waals surface area contributed by atoms with E-state index in [4.69, 9.17) is 0 Å². The van der Waals surface area contributed by atoms with Crippen LogP contribution < -0.4 is 4.90 Å². The molecular weight excluding hydrogens is 344 g/mol. The Labute approximate surface area is 147 Å². The molecule has 0 aliphatic heterocycles. The van der Waals surface area contributed by atoms with Gasteiger partial charge in [-0.15, -0.1) is 0 Å². The molecule has 0 spiro atoms. The van der Waals surface area contributed by atoms with Crippen LogP contribution in [0.5, 0.6) is 0 Å². The number of nitro groups is 3. The van der Waals surface area contributed by atoms with Gasteiger partial charge in [0, 0.05) is 19.8 Å². The zero-order valence-electron chi connectivity index (χ0n) is 13.9. The molecule has 0 aliphatic rings. The van der Waals surface area contributed by atoms with E-state index in [1.165, 1.54) is 12.2 Å². The first-order chi connectivity index (χ1) is 12.2. The maximum atomic E-state index is 11.2. The van der Waals surface area contributed by atoms with E-state index in [-0.39, 0.29) is 5.56 Å². The molecule has 0 bridgehead atoms. The Bertz CT molecular complexity index is 870. The van der Waals surface area contributed by atoms with Gasteiger partial charge in [0.1, 0.15) is 5.56 Å². The number of non-ortho nitro benzene ring substituents is 1. The van der Waals surface area contributed by atoms with E-state index in [0.717, 1.165) is 5.69 Å². The number of rotatable bonds is 6. The lowest BCUT2D eigenvalue weighted by Gasteiger charge is -2.11. The Morgan fingerprint density at radius 3 is 1.69 bits per heavy atom. The van der Waals surface area contributed by atoms with Gasteiger partial charge in [0.05, 0.1) is 26.9 Å². The zero-order valence-corrected chi connectivity index (χ0v) is 13.9. The van der Waals surface area contributed by atoms with Crippen LogP contribution in [0.3, 0.4) is 0 Å². The Morgan fingerprint density at radius 1 is 0.808 bits per heavy atom. The quantitative estimate of drug-likeness (QED) is 0.437. The molecule has 0 amide bonds. The van der Waals surface area contributed by atoms with Crippen molar-refractivity contribution in [3.05, 3.63) is 77.9 Å². The molecule has 0 aliphatic carbocycles. The van der Waals surface area contributed by atoms with Crippen molar-refractivity contribution in [2.45, 2.75) is 0 Å². The molecule has 26 heavy (non-hydrogen) atoms. The summed E-state index contributed by atoms with van der Waals surface area (Å²) in [4.78, 5) is 32.5. The van der Waals surface area contributed by atoms with Gasteiger partial charge in [-0.2, -0.15) is 0 Å². The molecule has 0 heterocycles. The monoisotopic (exact) mass is 358 g/mol. The zero-order chi connectivity index (χ0) is 19.4. The normalized spacial score (nSPS) is 10.7. The highest BCUT2D eigenvalue weighted by atomic mass is 16.6. The molecule has 2 rings (SSSR count). The molecule has 134 valence electrons. The van der Waals surface area contributed by atoms with Crippen molar-refractivity contribution in [3.63, 3.8) is 0 Å². The molecule has 0 fully saturated rings. The summed E-state index contributed by atoms with van der Waals surface area (Å²) in [6.07, 6.45) is 2.69. The SMILES string of the molecule is CN(C)c1ccc(C=Cc2c([N+](=O)[O-])cc([N+](=O)[O-])cc2[N+](=O)[O-])cc1. The second kappa shape index (κ2) is 7.38. The molecule has 0 saturated carbocycles. The summed E-state index contributed by atoms with van der Waals surface area (Å²) in [5, 5.41) is 33.3. The summed E-state index contributed by atoms with van der Waals surface area (Å²) >= 11 is 0. The number of nitrogens with zero attached hydrogens (tertiary/aromatic N) is 4. The van der Waals surface area contributed by atoms with Gasteiger partial charge in [-0.05, 0) is 23.8 Å². The molecular formula is C16H14N4O6. The predicted octanol–water partition coefficient (Wildman–Crippen LogP) is 3.65. The summed E-state index contributed by atoms with van der Waals surface area (Å²) in [5.41, 5.74) is -0.815. The van der Waals surface area contributed by atoms with E-state index in [0.29, 0.717) is 17.7 Å². The number of hydrogen-bond acceptors (Lipinski definition) is 7. The third kappa shape index (κ3) is 3.98. The molecule has 2 aromatic carbocycles. The fraction of sp³-hybridized carbons (Fsp3) is 0.125. The van der Waals surface area contributed by atoms with Crippen molar-refractivity contribution < 1.29 is 14.8 Å². The van der Waals surface area contributed by atoms with E-state index >= 15 is 0 Å². The molecule has 0 radical (unpaired) electrons. The van der Waals surface area contributed by atoms with E-state index < -0.39 is 31.8 Å². The van der Waals surface area contributed by atoms with Gasteiger partial charge in [-0.1, -0.05) is 18.2 Å². The van der Waals surface area contributed by atoms with E-state index in [1.807, 2.05) is 31.1 Å². The Morgan fingerprint density at radius 2 is 1.31 bits per heavy atom. The van der Waals surface area contributed by atoms with Crippen LogP contribution >= 0.6 is 0 Å². The first-order valence-electron chi connectivity index (χ1n) is 7.27. The van der Waals surface area contributed by atoms with Crippen molar-refractivity contribution in [1.29, 1.82) is 0 Å². The maximum Gasteiger partial charge on any atom is 0.290 e. The lowest BCUT2D eigenvalue weighted by Crippen LogP contribution is -2.07. The molecule has 2 aromatic rings. The van der Waals surface area contributed by atoms with Gasteiger partial charge in [-0.3, -0.25) is 30.3 Å². The highest BCUT2D eigenvalue weighted by Crippen LogP contribution is 2.35. The molecule has 0 aromatic heterocycles. The first-order valence-corrected chi connectivity index (χ1v) is 7.27. The number of nitro benzene ring substituents is 3. The third-order valence-corrected chi connectivity index (χ3v) is 3.58. The highest BCUT2D eigenvalue weighted by molar-refractivity contribution is 5.81. The van der Waals surface area contributed by atoms with Crippen molar-refractivity contribution >= 4 is 34.9 Å². The topological polar surface area (TPSA) is 133 Å². The molecule has 0 unspecified atom stereocenters. The smallest absolute Gasteiger partial charge is 0.290 e. The Hall–Kier alpha value is -3.82. The van der Waals surface area contributed by atoms with Crippen molar-refractivity contribution in [2.75, 3.05) is 19.0 Å². The first kappa shape index (κ1) is 18.5. The van der Waals surface area contributed by atoms with Crippen LogP contribution in [0.1, 0.15) is 11.1 Å². The molecule has 0 saturated heterocycles. The summed E-state index contributed by atoms with van der Waals surface area (Å²) in [6, 6.07) is 8.55.